The Balaban J connectivity index is 2.17. The molecule has 0 bridgehead atoms. The lowest BCUT2D eigenvalue weighted by molar-refractivity contribution is 0.582. The van der Waals surface area contributed by atoms with Gasteiger partial charge in [-0.2, -0.15) is 0 Å². The molecule has 0 amide bonds. The fourth-order valence-electron chi connectivity index (χ4n) is 0.0210. The molecular weight excluding hydrogens is 95.1 g/mol. The second-order valence-electron chi connectivity index (χ2n) is 0.467. The van der Waals surface area contributed by atoms with Crippen LogP contribution in [-0.2, 0) is 0 Å². The van der Waals surface area contributed by atoms with Gasteiger partial charge in [0.2, 0.25) is 4.84 Å². The molecule has 24 valence electrons. The number of hydrogen-bond donors (Lipinski definition) is 0. The molecule has 1 aliphatic rings. The second kappa shape index (κ2) is 0.792. The molecule has 4 heavy (non-hydrogen) atoms. The van der Waals surface area contributed by atoms with E-state index in [-0.39, 0.29) is 0 Å². The zero-order valence-corrected chi connectivity index (χ0v) is 3.40. The van der Waals surface area contributed by atoms with Crippen LogP contribution in [0.15, 0.2) is 0 Å². The average molecular weight is 96.2 g/mol. The van der Waals surface area contributed by atoms with E-state index < -0.39 is 4.84 Å². The van der Waals surface area contributed by atoms with E-state index >= 15 is 0 Å². The van der Waals surface area contributed by atoms with Crippen molar-refractivity contribution in [2.24, 2.45) is 0 Å². The molecule has 3 heteroatoms. The molecule has 0 saturated carbocycles. The summed E-state index contributed by atoms with van der Waals surface area (Å²) in [6.07, 6.45) is 0. The van der Waals surface area contributed by atoms with Crippen LogP contribution in [0.4, 0.5) is 4.39 Å². The molecule has 0 unspecified atom stereocenters. The maximum Gasteiger partial charge on any atom is 0.211 e. The third kappa shape index (κ3) is 0.530. The Hall–Kier alpha value is 0.630. The van der Waals surface area contributed by atoms with Gasteiger partial charge in [0.15, 0.2) is 0 Å². The van der Waals surface area contributed by atoms with Crippen LogP contribution >= 0.6 is 21.6 Å². The molecule has 1 fully saturated rings. The van der Waals surface area contributed by atoms with E-state index in [2.05, 4.69) is 0 Å². The Morgan fingerprint density at radius 3 is 1.75 bits per heavy atom. The van der Waals surface area contributed by atoms with Crippen LogP contribution < -0.4 is 0 Å². The molecule has 1 rings (SSSR count). The zero-order chi connectivity index (χ0) is 2.99. The highest BCUT2D eigenvalue weighted by atomic mass is 33.2. The predicted octanol–water partition coefficient (Wildman–Crippen LogP) is 1.63. The van der Waals surface area contributed by atoms with E-state index in [1.54, 1.807) is 0 Å². The largest absolute Gasteiger partial charge is 0.222 e. The summed E-state index contributed by atoms with van der Waals surface area (Å²) in [5, 5.41) is 0. The summed E-state index contributed by atoms with van der Waals surface area (Å²) in [7, 11) is 2.55. The molecule has 0 atom stereocenters. The van der Waals surface area contributed by atoms with Crippen molar-refractivity contribution in [1.82, 2.24) is 0 Å². The molecule has 0 N–H and O–H groups in total. The van der Waals surface area contributed by atoms with Crippen molar-refractivity contribution in [1.29, 1.82) is 0 Å². The molecular formula is CHFS2. The van der Waals surface area contributed by atoms with E-state index in [1.165, 1.54) is 21.6 Å². The van der Waals surface area contributed by atoms with Gasteiger partial charge >= 0.3 is 0 Å². The minimum absolute atomic E-state index is 0.583. The quantitative estimate of drug-likeness (QED) is 0.332. The van der Waals surface area contributed by atoms with Crippen molar-refractivity contribution < 1.29 is 4.39 Å². The SMILES string of the molecule is FC1SS1. The Labute approximate surface area is 31.5 Å². The molecule has 1 heterocycles. The maximum absolute atomic E-state index is 11.0. The van der Waals surface area contributed by atoms with Gasteiger partial charge in [-0.25, -0.2) is 4.39 Å². The van der Waals surface area contributed by atoms with Crippen LogP contribution in [0.2, 0.25) is 0 Å². The van der Waals surface area contributed by atoms with Crippen molar-refractivity contribution in [3.63, 3.8) is 0 Å². The van der Waals surface area contributed by atoms with Crippen LogP contribution in [0.3, 0.4) is 0 Å². The highest BCUT2D eigenvalue weighted by Gasteiger charge is 2.22. The van der Waals surface area contributed by atoms with Gasteiger partial charge in [-0.05, 0) is 21.6 Å². The number of alkyl halides is 1. The highest BCUT2D eigenvalue weighted by molar-refractivity contribution is 8.92. The van der Waals surface area contributed by atoms with E-state index in [9.17, 15) is 4.39 Å². The third-order valence-electron chi connectivity index (χ3n) is 0.169. The van der Waals surface area contributed by atoms with Gasteiger partial charge < -0.3 is 0 Å². The summed E-state index contributed by atoms with van der Waals surface area (Å²) in [6, 6.07) is 0. The fourth-order valence-corrected chi connectivity index (χ4v) is 0.189. The molecule has 1 saturated heterocycles. The lowest BCUT2D eigenvalue weighted by Gasteiger charge is -1.44. The fraction of sp³-hybridized carbons (Fsp3) is 1.00. The Morgan fingerprint density at radius 2 is 1.75 bits per heavy atom. The summed E-state index contributed by atoms with van der Waals surface area (Å²) < 4.78 is 11.0. The van der Waals surface area contributed by atoms with Crippen LogP contribution in [0.5, 0.6) is 0 Å². The molecule has 0 aromatic rings. The van der Waals surface area contributed by atoms with Crippen LogP contribution in [0.1, 0.15) is 0 Å². The third-order valence-corrected chi connectivity index (χ3v) is 1.52. The van der Waals surface area contributed by atoms with E-state index in [0.717, 1.165) is 0 Å². The first-order valence-electron chi connectivity index (χ1n) is 0.856. The highest BCUT2D eigenvalue weighted by Crippen LogP contribution is 2.53. The van der Waals surface area contributed by atoms with Crippen molar-refractivity contribution in [3.05, 3.63) is 0 Å². The van der Waals surface area contributed by atoms with Crippen molar-refractivity contribution in [3.8, 4) is 0 Å². The Morgan fingerprint density at radius 1 is 1.50 bits per heavy atom. The maximum atomic E-state index is 11.0. The molecule has 0 spiro atoms. The molecule has 0 radical (unpaired) electrons. The van der Waals surface area contributed by atoms with E-state index in [0.29, 0.717) is 0 Å². The van der Waals surface area contributed by atoms with Gasteiger partial charge in [-0.1, -0.05) is 0 Å². The first-order chi connectivity index (χ1) is 1.89. The topological polar surface area (TPSA) is 0 Å². The summed E-state index contributed by atoms with van der Waals surface area (Å²) in [4.78, 5) is -0.583. The van der Waals surface area contributed by atoms with Gasteiger partial charge in [0.05, 0.1) is 0 Å². The molecule has 0 aromatic carbocycles. The molecule has 0 aromatic heterocycles. The van der Waals surface area contributed by atoms with Crippen molar-refractivity contribution in [2.75, 3.05) is 0 Å². The monoisotopic (exact) mass is 96.0 g/mol. The van der Waals surface area contributed by atoms with Gasteiger partial charge in [0.1, 0.15) is 0 Å². The molecule has 0 nitrogen and oxygen atoms in total. The van der Waals surface area contributed by atoms with Gasteiger partial charge in [0, 0.05) is 0 Å². The van der Waals surface area contributed by atoms with Crippen LogP contribution in [-0.4, -0.2) is 4.84 Å². The Bertz CT molecular complexity index is 25.2. The number of halogens is 1. The smallest absolute Gasteiger partial charge is 0.211 e. The summed E-state index contributed by atoms with van der Waals surface area (Å²) >= 11 is 0. The van der Waals surface area contributed by atoms with E-state index in [1.807, 2.05) is 0 Å². The number of hydrogen-bond acceptors (Lipinski definition) is 2. The van der Waals surface area contributed by atoms with Crippen molar-refractivity contribution >= 4 is 21.6 Å². The predicted molar refractivity (Wildman–Crippen MR) is 20.1 cm³/mol. The normalized spacial score (nSPS) is 26.2. The van der Waals surface area contributed by atoms with Gasteiger partial charge in [-0.15, -0.1) is 0 Å². The first kappa shape index (κ1) is 2.85. The standard InChI is InChI=1S/CHFS2/c2-1-3-4-1/h1H. The summed E-state index contributed by atoms with van der Waals surface area (Å²) in [5.74, 6) is 0. The van der Waals surface area contributed by atoms with Crippen molar-refractivity contribution in [2.45, 2.75) is 4.84 Å². The summed E-state index contributed by atoms with van der Waals surface area (Å²) in [6.45, 7) is 0. The Kier molecular flexibility index (Phi) is 0.564. The average Bonchev–Trinajstić information content (AvgIpc) is 1.75. The lowest BCUT2D eigenvalue weighted by Crippen LogP contribution is -1.41. The molecule has 0 aliphatic carbocycles. The minimum atomic E-state index is -0.583. The number of rotatable bonds is 0. The van der Waals surface area contributed by atoms with Gasteiger partial charge in [-0.3, -0.25) is 0 Å². The zero-order valence-electron chi connectivity index (χ0n) is 1.77. The second-order valence-corrected chi connectivity index (χ2v) is 3.13. The minimum Gasteiger partial charge on any atom is -0.222 e. The van der Waals surface area contributed by atoms with E-state index in [4.69, 9.17) is 0 Å². The first-order valence-corrected chi connectivity index (χ1v) is 3.13. The summed E-state index contributed by atoms with van der Waals surface area (Å²) in [5.41, 5.74) is 0. The lowest BCUT2D eigenvalue weighted by atomic mass is 11.8. The van der Waals surface area contributed by atoms with Crippen LogP contribution in [0, 0.1) is 0 Å². The van der Waals surface area contributed by atoms with Crippen LogP contribution in [0.25, 0.3) is 0 Å². The molecule has 1 aliphatic heterocycles. The van der Waals surface area contributed by atoms with Gasteiger partial charge in [0.25, 0.3) is 0 Å².